The number of carbonyl (C=O) groups excluding carboxylic acids is 1. The van der Waals surface area contributed by atoms with Gasteiger partial charge in [-0.3, -0.25) is 4.79 Å². The molecule has 2 N–H and O–H groups in total. The van der Waals surface area contributed by atoms with Crippen LogP contribution in [0.3, 0.4) is 0 Å². The van der Waals surface area contributed by atoms with Crippen LogP contribution in [0.2, 0.25) is 0 Å². The molecular formula is C18H29ClFN3O3S. The topological polar surface area (TPSA) is 83.7 Å². The summed E-state index contributed by atoms with van der Waals surface area (Å²) in [5.41, 5.74) is 5.98. The quantitative estimate of drug-likeness (QED) is 0.763. The molecule has 1 saturated heterocycles. The zero-order chi connectivity index (χ0) is 19.5. The summed E-state index contributed by atoms with van der Waals surface area (Å²) in [5, 5.41) is 0. The SMILES string of the molecule is CN(CCCC(=O)N1CCC(N)C(C)(C)C1)S(=O)(=O)c1ccc(F)cc1.Cl. The van der Waals surface area contributed by atoms with E-state index in [1.54, 1.807) is 0 Å². The van der Waals surface area contributed by atoms with Gasteiger partial charge in [0.15, 0.2) is 0 Å². The maximum absolute atomic E-state index is 13.0. The van der Waals surface area contributed by atoms with Crippen molar-refractivity contribution in [1.82, 2.24) is 9.21 Å². The van der Waals surface area contributed by atoms with Crippen LogP contribution < -0.4 is 5.73 Å². The maximum atomic E-state index is 13.0. The summed E-state index contributed by atoms with van der Waals surface area (Å²) in [6, 6.07) is 4.80. The van der Waals surface area contributed by atoms with Crippen LogP contribution in [0, 0.1) is 11.2 Å². The molecule has 0 aliphatic carbocycles. The lowest BCUT2D eigenvalue weighted by molar-refractivity contribution is -0.134. The van der Waals surface area contributed by atoms with E-state index in [2.05, 4.69) is 13.8 Å². The first-order chi connectivity index (χ1) is 12.0. The minimum Gasteiger partial charge on any atom is -0.342 e. The van der Waals surface area contributed by atoms with Gasteiger partial charge in [-0.05, 0) is 42.5 Å². The second kappa shape index (κ2) is 9.32. The lowest BCUT2D eigenvalue weighted by Gasteiger charge is -2.42. The zero-order valence-corrected chi connectivity index (χ0v) is 17.7. The second-order valence-corrected chi connectivity index (χ2v) is 9.63. The number of hydrogen-bond donors (Lipinski definition) is 1. The van der Waals surface area contributed by atoms with Gasteiger partial charge in [-0.15, -0.1) is 12.4 Å². The molecule has 1 atom stereocenters. The summed E-state index contributed by atoms with van der Waals surface area (Å²) in [6.07, 6.45) is 1.49. The number of carbonyl (C=O) groups is 1. The fraction of sp³-hybridized carbons (Fsp3) is 0.611. The van der Waals surface area contributed by atoms with Crippen LogP contribution in [-0.4, -0.2) is 56.3 Å². The Kier molecular flexibility index (Phi) is 8.22. The Balaban J connectivity index is 0.00000364. The highest BCUT2D eigenvalue weighted by Crippen LogP contribution is 2.28. The smallest absolute Gasteiger partial charge is 0.242 e. The van der Waals surface area contributed by atoms with E-state index < -0.39 is 15.8 Å². The van der Waals surface area contributed by atoms with Crippen LogP contribution >= 0.6 is 12.4 Å². The predicted octanol–water partition coefficient (Wildman–Crippen LogP) is 2.23. The molecule has 1 fully saturated rings. The van der Waals surface area contributed by atoms with Gasteiger partial charge in [0.2, 0.25) is 15.9 Å². The molecule has 0 bridgehead atoms. The normalized spacial score (nSPS) is 19.6. The number of halogens is 2. The van der Waals surface area contributed by atoms with Crippen molar-refractivity contribution in [3.63, 3.8) is 0 Å². The van der Waals surface area contributed by atoms with Gasteiger partial charge in [-0.25, -0.2) is 17.1 Å². The molecule has 1 aromatic carbocycles. The highest BCUT2D eigenvalue weighted by Gasteiger charge is 2.35. The van der Waals surface area contributed by atoms with Crippen molar-refractivity contribution in [3.05, 3.63) is 30.1 Å². The van der Waals surface area contributed by atoms with E-state index in [0.29, 0.717) is 19.5 Å². The van der Waals surface area contributed by atoms with Gasteiger partial charge in [0.1, 0.15) is 5.82 Å². The molecule has 1 heterocycles. The van der Waals surface area contributed by atoms with Gasteiger partial charge in [0, 0.05) is 39.1 Å². The Morgan fingerprint density at radius 1 is 1.33 bits per heavy atom. The molecule has 0 saturated carbocycles. The number of likely N-dealkylation sites (tertiary alicyclic amines) is 1. The van der Waals surface area contributed by atoms with E-state index >= 15 is 0 Å². The lowest BCUT2D eigenvalue weighted by Crippen LogP contribution is -2.54. The lowest BCUT2D eigenvalue weighted by atomic mass is 9.79. The molecule has 0 spiro atoms. The van der Waals surface area contributed by atoms with E-state index in [-0.39, 0.29) is 47.6 Å². The third-order valence-corrected chi connectivity index (χ3v) is 6.92. The highest BCUT2D eigenvalue weighted by atomic mass is 35.5. The second-order valence-electron chi connectivity index (χ2n) is 7.58. The number of hydrogen-bond acceptors (Lipinski definition) is 4. The number of amides is 1. The minimum atomic E-state index is -3.68. The molecular weight excluding hydrogens is 393 g/mol. The highest BCUT2D eigenvalue weighted by molar-refractivity contribution is 7.89. The fourth-order valence-corrected chi connectivity index (χ4v) is 4.31. The van der Waals surface area contributed by atoms with Gasteiger partial charge in [0.25, 0.3) is 0 Å². The zero-order valence-electron chi connectivity index (χ0n) is 16.0. The molecule has 1 amide bonds. The van der Waals surface area contributed by atoms with Gasteiger partial charge < -0.3 is 10.6 Å². The average Bonchev–Trinajstić information content (AvgIpc) is 2.57. The molecule has 154 valence electrons. The minimum absolute atomic E-state index is 0. The van der Waals surface area contributed by atoms with Gasteiger partial charge >= 0.3 is 0 Å². The van der Waals surface area contributed by atoms with Crippen molar-refractivity contribution in [2.45, 2.75) is 44.0 Å². The molecule has 27 heavy (non-hydrogen) atoms. The molecule has 6 nitrogen and oxygen atoms in total. The number of nitrogens with zero attached hydrogens (tertiary/aromatic N) is 2. The first-order valence-corrected chi connectivity index (χ1v) is 10.2. The summed E-state index contributed by atoms with van der Waals surface area (Å²) in [4.78, 5) is 14.3. The molecule has 1 aliphatic rings. The fourth-order valence-electron chi connectivity index (χ4n) is 3.10. The summed E-state index contributed by atoms with van der Waals surface area (Å²) in [6.45, 7) is 5.60. The molecule has 0 radical (unpaired) electrons. The third kappa shape index (κ3) is 5.88. The van der Waals surface area contributed by atoms with E-state index in [1.165, 1.54) is 23.5 Å². The number of benzene rings is 1. The molecule has 1 aromatic rings. The van der Waals surface area contributed by atoms with Crippen LogP contribution in [0.5, 0.6) is 0 Å². The van der Waals surface area contributed by atoms with E-state index in [4.69, 9.17) is 5.73 Å². The van der Waals surface area contributed by atoms with Crippen LogP contribution in [-0.2, 0) is 14.8 Å². The summed E-state index contributed by atoms with van der Waals surface area (Å²) < 4.78 is 39.0. The molecule has 1 unspecified atom stereocenters. The van der Waals surface area contributed by atoms with Crippen LogP contribution in [0.15, 0.2) is 29.2 Å². The monoisotopic (exact) mass is 421 g/mol. The van der Waals surface area contributed by atoms with Crippen molar-refractivity contribution in [2.75, 3.05) is 26.7 Å². The first-order valence-electron chi connectivity index (χ1n) is 8.79. The van der Waals surface area contributed by atoms with Gasteiger partial charge in [0.05, 0.1) is 4.90 Å². The Hall–Kier alpha value is -1.22. The van der Waals surface area contributed by atoms with Crippen molar-refractivity contribution in [2.24, 2.45) is 11.1 Å². The standard InChI is InChI=1S/C18H28FN3O3S.ClH/c1-18(2)13-22(12-10-16(18)20)17(23)5-4-11-21(3)26(24,25)15-8-6-14(19)7-9-15;/h6-9,16H,4-5,10-13,20H2,1-3H3;1H. The number of rotatable bonds is 6. The van der Waals surface area contributed by atoms with Crippen molar-refractivity contribution in [3.8, 4) is 0 Å². The maximum Gasteiger partial charge on any atom is 0.242 e. The Morgan fingerprint density at radius 2 is 1.93 bits per heavy atom. The Bertz CT molecular complexity index is 741. The van der Waals surface area contributed by atoms with E-state index in [9.17, 15) is 17.6 Å². The summed E-state index contributed by atoms with van der Waals surface area (Å²) in [7, 11) is -2.21. The number of piperidine rings is 1. The molecule has 1 aliphatic heterocycles. The number of nitrogens with two attached hydrogens (primary N) is 1. The third-order valence-electron chi connectivity index (χ3n) is 5.05. The Morgan fingerprint density at radius 3 is 2.48 bits per heavy atom. The number of sulfonamides is 1. The van der Waals surface area contributed by atoms with Gasteiger partial charge in [-0.2, -0.15) is 0 Å². The van der Waals surface area contributed by atoms with E-state index in [1.807, 2.05) is 4.90 Å². The van der Waals surface area contributed by atoms with Crippen molar-refractivity contribution in [1.29, 1.82) is 0 Å². The van der Waals surface area contributed by atoms with Gasteiger partial charge in [-0.1, -0.05) is 13.8 Å². The summed E-state index contributed by atoms with van der Waals surface area (Å²) in [5.74, 6) is -0.459. The van der Waals surface area contributed by atoms with Crippen LogP contribution in [0.4, 0.5) is 4.39 Å². The van der Waals surface area contributed by atoms with Crippen LogP contribution in [0.25, 0.3) is 0 Å². The first kappa shape index (κ1) is 23.8. The molecule has 0 aromatic heterocycles. The largest absolute Gasteiger partial charge is 0.342 e. The van der Waals surface area contributed by atoms with Crippen molar-refractivity contribution >= 4 is 28.3 Å². The average molecular weight is 422 g/mol. The van der Waals surface area contributed by atoms with Crippen molar-refractivity contribution < 1.29 is 17.6 Å². The Labute approximate surface area is 167 Å². The molecule has 9 heteroatoms. The summed E-state index contributed by atoms with van der Waals surface area (Å²) >= 11 is 0. The molecule has 2 rings (SSSR count). The predicted molar refractivity (Wildman–Crippen MR) is 106 cm³/mol. The van der Waals surface area contributed by atoms with Crippen LogP contribution in [0.1, 0.15) is 33.1 Å². The van der Waals surface area contributed by atoms with E-state index in [0.717, 1.165) is 18.6 Å².